The summed E-state index contributed by atoms with van der Waals surface area (Å²) in [6.45, 7) is 8.15. The quantitative estimate of drug-likeness (QED) is 0.298. The predicted molar refractivity (Wildman–Crippen MR) is 201 cm³/mol. The van der Waals surface area contributed by atoms with Crippen molar-refractivity contribution in [1.29, 1.82) is 0 Å². The van der Waals surface area contributed by atoms with Gasteiger partial charge in [0.2, 0.25) is 15.9 Å². The number of amidine groups is 1. The Balaban J connectivity index is 1.43. The van der Waals surface area contributed by atoms with Crippen molar-refractivity contribution >= 4 is 51.0 Å². The molecule has 3 amide bonds. The van der Waals surface area contributed by atoms with E-state index in [1.807, 2.05) is 36.1 Å². The highest BCUT2D eigenvalue weighted by atomic mass is 35.5. The van der Waals surface area contributed by atoms with Crippen LogP contribution in [0.1, 0.15) is 41.3 Å². The van der Waals surface area contributed by atoms with Gasteiger partial charge in [-0.15, -0.1) is 0 Å². The standard InChI is InChI=1S/C37H44Cl2N6O6S/c1-5-51-31-22-25(2)32(52(48,49)41(3)4)23-30(31)36-40-34(26-6-10-28(38)11-7-26)35(27-8-12-29(39)13-9-27)45(36)37(47)44-16-14-42(15-17-44)24-33(46)43-18-20-50-21-19-43/h6-13,22-23,34-35H,5,14-21,24H2,1-4H3/t34-,35+/m0/s1. The molecule has 3 aliphatic rings. The third kappa shape index (κ3) is 7.95. The zero-order chi connectivity index (χ0) is 37.2. The molecule has 0 N–H and O–H groups in total. The summed E-state index contributed by atoms with van der Waals surface area (Å²) >= 11 is 12.6. The lowest BCUT2D eigenvalue weighted by atomic mass is 9.93. The first-order chi connectivity index (χ1) is 24.9. The van der Waals surface area contributed by atoms with Gasteiger partial charge in [0.25, 0.3) is 0 Å². The Kier molecular flexibility index (Phi) is 11.8. The van der Waals surface area contributed by atoms with Crippen LogP contribution < -0.4 is 4.74 Å². The number of sulfonamides is 1. The van der Waals surface area contributed by atoms with Crippen LogP contribution in [-0.2, 0) is 19.6 Å². The van der Waals surface area contributed by atoms with Gasteiger partial charge in [-0.2, -0.15) is 0 Å². The van der Waals surface area contributed by atoms with Crippen LogP contribution >= 0.6 is 23.2 Å². The summed E-state index contributed by atoms with van der Waals surface area (Å²) < 4.78 is 39.9. The number of halogens is 2. The molecule has 15 heteroatoms. The van der Waals surface area contributed by atoms with E-state index in [2.05, 4.69) is 4.90 Å². The lowest BCUT2D eigenvalue weighted by Gasteiger charge is -2.39. The maximum atomic E-state index is 15.0. The smallest absolute Gasteiger partial charge is 0.326 e. The molecule has 3 heterocycles. The molecule has 2 atom stereocenters. The molecule has 3 aliphatic heterocycles. The number of urea groups is 1. The summed E-state index contributed by atoms with van der Waals surface area (Å²) in [5.41, 5.74) is 2.49. The molecular weight excluding hydrogens is 727 g/mol. The van der Waals surface area contributed by atoms with Gasteiger partial charge >= 0.3 is 6.03 Å². The number of benzene rings is 3. The van der Waals surface area contributed by atoms with Crippen molar-refractivity contribution < 1.29 is 27.5 Å². The maximum absolute atomic E-state index is 15.0. The van der Waals surface area contributed by atoms with Gasteiger partial charge in [-0.25, -0.2) is 17.5 Å². The van der Waals surface area contributed by atoms with Gasteiger partial charge in [-0.05, 0) is 66.9 Å². The van der Waals surface area contributed by atoms with Crippen LogP contribution in [0.3, 0.4) is 0 Å². The zero-order valence-corrected chi connectivity index (χ0v) is 32.1. The summed E-state index contributed by atoms with van der Waals surface area (Å²) in [6, 6.07) is 16.4. The number of ether oxygens (including phenoxy) is 2. The summed E-state index contributed by atoms with van der Waals surface area (Å²) in [6.07, 6.45) is 0. The van der Waals surface area contributed by atoms with Gasteiger partial charge in [0.15, 0.2) is 0 Å². The number of hydrogen-bond donors (Lipinski definition) is 0. The molecule has 0 aliphatic carbocycles. The first-order valence-electron chi connectivity index (χ1n) is 17.3. The van der Waals surface area contributed by atoms with Crippen LogP contribution in [0.4, 0.5) is 4.79 Å². The van der Waals surface area contributed by atoms with Crippen LogP contribution in [0.2, 0.25) is 10.0 Å². The highest BCUT2D eigenvalue weighted by Gasteiger charge is 2.45. The first kappa shape index (κ1) is 38.0. The van der Waals surface area contributed by atoms with Crippen LogP contribution in [0.15, 0.2) is 70.6 Å². The van der Waals surface area contributed by atoms with Crippen LogP contribution in [-0.4, -0.2) is 130 Å². The van der Waals surface area contributed by atoms with E-state index in [0.29, 0.717) is 86.0 Å². The molecule has 3 aromatic rings. The van der Waals surface area contributed by atoms with Gasteiger partial charge in [0, 0.05) is 63.4 Å². The number of rotatable bonds is 9. The average molecular weight is 772 g/mol. The van der Waals surface area contributed by atoms with E-state index in [1.54, 1.807) is 53.1 Å². The number of amides is 3. The van der Waals surface area contributed by atoms with E-state index < -0.39 is 22.1 Å². The summed E-state index contributed by atoms with van der Waals surface area (Å²) in [7, 11) is -0.916. The molecule has 0 bridgehead atoms. The van der Waals surface area contributed by atoms with E-state index >= 15 is 4.79 Å². The molecule has 2 fully saturated rings. The van der Waals surface area contributed by atoms with Crippen LogP contribution in [0, 0.1) is 6.92 Å². The monoisotopic (exact) mass is 770 g/mol. The molecule has 6 rings (SSSR count). The number of nitrogens with zero attached hydrogens (tertiary/aromatic N) is 6. The number of aliphatic imine (C=N–C) groups is 1. The molecular formula is C37H44Cl2N6O6S. The van der Waals surface area contributed by atoms with Gasteiger partial charge in [0.05, 0.1) is 42.9 Å². The fourth-order valence-electron chi connectivity index (χ4n) is 6.79. The highest BCUT2D eigenvalue weighted by Crippen LogP contribution is 2.46. The van der Waals surface area contributed by atoms with Crippen molar-refractivity contribution in [1.82, 2.24) is 23.9 Å². The molecule has 2 saturated heterocycles. The van der Waals surface area contributed by atoms with Crippen molar-refractivity contribution in [2.24, 2.45) is 4.99 Å². The summed E-state index contributed by atoms with van der Waals surface area (Å²) in [5.74, 6) is 0.748. The Bertz CT molecular complexity index is 1910. The third-order valence-corrected chi connectivity index (χ3v) is 12.1. The Morgan fingerprint density at radius 3 is 2.06 bits per heavy atom. The second-order valence-electron chi connectivity index (χ2n) is 13.2. The van der Waals surface area contributed by atoms with Crippen molar-refractivity contribution in [3.63, 3.8) is 0 Å². The maximum Gasteiger partial charge on any atom is 0.326 e. The molecule has 3 aromatic carbocycles. The Hall–Kier alpha value is -3.72. The topological polar surface area (TPSA) is 115 Å². The van der Waals surface area contributed by atoms with Gasteiger partial charge in [-0.1, -0.05) is 47.5 Å². The first-order valence-corrected chi connectivity index (χ1v) is 19.5. The van der Waals surface area contributed by atoms with Crippen LogP contribution in [0.25, 0.3) is 0 Å². The second kappa shape index (κ2) is 16.1. The van der Waals surface area contributed by atoms with E-state index in [4.69, 9.17) is 37.7 Å². The van der Waals surface area contributed by atoms with Crippen molar-refractivity contribution in [3.05, 3.63) is 93.0 Å². The number of aryl methyl sites for hydroxylation is 1. The Labute approximate surface area is 315 Å². The SMILES string of the molecule is CCOc1cc(C)c(S(=O)(=O)N(C)C)cc1C1=N[C@@H](c2ccc(Cl)cc2)[C@@H](c2ccc(Cl)cc2)N1C(=O)N1CCN(CC(=O)N2CCOCC2)CC1. The fraction of sp³-hybridized carbons (Fsp3) is 0.432. The molecule has 0 unspecified atom stereocenters. The van der Waals surface area contributed by atoms with E-state index in [-0.39, 0.29) is 29.2 Å². The third-order valence-electron chi connectivity index (χ3n) is 9.64. The Morgan fingerprint density at radius 1 is 0.885 bits per heavy atom. The minimum absolute atomic E-state index is 0.0527. The highest BCUT2D eigenvalue weighted by molar-refractivity contribution is 7.89. The number of hydrogen-bond acceptors (Lipinski definition) is 8. The Morgan fingerprint density at radius 2 is 1.48 bits per heavy atom. The van der Waals surface area contributed by atoms with Crippen molar-refractivity contribution in [2.45, 2.75) is 30.8 Å². The number of morpholine rings is 1. The molecule has 0 aromatic heterocycles. The van der Waals surface area contributed by atoms with Gasteiger partial charge < -0.3 is 19.3 Å². The second-order valence-corrected chi connectivity index (χ2v) is 16.2. The number of carbonyl (C=O) groups is 2. The number of piperazine rings is 1. The van der Waals surface area contributed by atoms with Crippen molar-refractivity contribution in [3.8, 4) is 5.75 Å². The molecule has 0 spiro atoms. The lowest BCUT2D eigenvalue weighted by molar-refractivity contribution is -0.136. The molecule has 0 saturated carbocycles. The fourth-order valence-corrected chi connectivity index (χ4v) is 8.17. The van der Waals surface area contributed by atoms with Crippen molar-refractivity contribution in [2.75, 3.05) is 79.7 Å². The predicted octanol–water partition coefficient (Wildman–Crippen LogP) is 5.09. The summed E-state index contributed by atoms with van der Waals surface area (Å²) in [4.78, 5) is 40.7. The van der Waals surface area contributed by atoms with E-state index in [1.165, 1.54) is 14.1 Å². The average Bonchev–Trinajstić information content (AvgIpc) is 3.53. The largest absolute Gasteiger partial charge is 0.493 e. The minimum Gasteiger partial charge on any atom is -0.493 e. The van der Waals surface area contributed by atoms with E-state index in [9.17, 15) is 13.2 Å². The molecule has 52 heavy (non-hydrogen) atoms. The zero-order valence-electron chi connectivity index (χ0n) is 29.8. The van der Waals surface area contributed by atoms with E-state index in [0.717, 1.165) is 15.4 Å². The molecule has 12 nitrogen and oxygen atoms in total. The normalized spacial score (nSPS) is 20.0. The van der Waals surface area contributed by atoms with Gasteiger partial charge in [0.1, 0.15) is 17.6 Å². The lowest BCUT2D eigenvalue weighted by Crippen LogP contribution is -2.56. The van der Waals surface area contributed by atoms with Crippen LogP contribution in [0.5, 0.6) is 5.75 Å². The van der Waals surface area contributed by atoms with Gasteiger partial charge in [-0.3, -0.25) is 19.6 Å². The minimum atomic E-state index is -3.88. The summed E-state index contributed by atoms with van der Waals surface area (Å²) in [5, 5.41) is 1.10. The molecule has 0 radical (unpaired) electrons. The molecule has 278 valence electrons. The number of carbonyl (C=O) groups excluding carboxylic acids is 2.